The number of amides is 1. The summed E-state index contributed by atoms with van der Waals surface area (Å²) in [7, 11) is 1.60. The van der Waals surface area contributed by atoms with Crippen LogP contribution in [-0.4, -0.2) is 23.2 Å². The third-order valence-electron chi connectivity index (χ3n) is 3.88. The zero-order chi connectivity index (χ0) is 17.9. The predicted molar refractivity (Wildman–Crippen MR) is 106 cm³/mol. The van der Waals surface area contributed by atoms with Crippen LogP contribution in [0.1, 0.15) is 5.56 Å². The van der Waals surface area contributed by atoms with Crippen molar-refractivity contribution in [3.63, 3.8) is 0 Å². The van der Waals surface area contributed by atoms with Gasteiger partial charge in [0.1, 0.15) is 11.4 Å². The van der Waals surface area contributed by atoms with Crippen LogP contribution in [0.4, 0.5) is 5.69 Å². The lowest BCUT2D eigenvalue weighted by atomic mass is 10.1. The summed E-state index contributed by atoms with van der Waals surface area (Å²) in [5.41, 5.74) is 2.55. The molecule has 2 aromatic carbocycles. The molecule has 0 radical (unpaired) electrons. The smallest absolute Gasteiger partial charge is 0.264 e. The first-order valence-corrected chi connectivity index (χ1v) is 8.82. The van der Waals surface area contributed by atoms with Crippen LogP contribution in [0.5, 0.6) is 5.75 Å². The van der Waals surface area contributed by atoms with Gasteiger partial charge in [-0.15, -0.1) is 0 Å². The molecule has 0 saturated carbocycles. The Labute approximate surface area is 154 Å². The number of pyridine rings is 1. The van der Waals surface area contributed by atoms with Gasteiger partial charge in [-0.25, -0.2) is 4.99 Å². The number of nitrogens with one attached hydrogen (secondary N) is 1. The standard InChI is InChI=1S/C20H15N3O2S/c1-25-17-7-3-2-6-16(17)22-20-23-19(24)18(26-20)12-13-8-9-15-14(11-13)5-4-10-21-15/h2-12H,1H3,(H,22,23,24). The monoisotopic (exact) mass is 361 g/mol. The normalized spacial score (nSPS) is 17.0. The van der Waals surface area contributed by atoms with Crippen molar-refractivity contribution in [1.82, 2.24) is 10.3 Å². The van der Waals surface area contributed by atoms with E-state index >= 15 is 0 Å². The summed E-state index contributed by atoms with van der Waals surface area (Å²) in [4.78, 5) is 21.7. The van der Waals surface area contributed by atoms with E-state index in [1.165, 1.54) is 11.8 Å². The molecule has 1 saturated heterocycles. The molecule has 128 valence electrons. The van der Waals surface area contributed by atoms with E-state index in [4.69, 9.17) is 4.74 Å². The van der Waals surface area contributed by atoms with Crippen LogP contribution in [-0.2, 0) is 4.79 Å². The molecule has 26 heavy (non-hydrogen) atoms. The molecule has 0 atom stereocenters. The zero-order valence-electron chi connectivity index (χ0n) is 14.0. The number of carbonyl (C=O) groups is 1. The first-order valence-electron chi connectivity index (χ1n) is 8.00. The molecule has 3 aromatic rings. The molecule has 2 heterocycles. The summed E-state index contributed by atoms with van der Waals surface area (Å²) in [6.07, 6.45) is 3.62. The fraction of sp³-hybridized carbons (Fsp3) is 0.0500. The summed E-state index contributed by atoms with van der Waals surface area (Å²) in [5.74, 6) is 0.504. The number of methoxy groups -OCH3 is 1. The van der Waals surface area contributed by atoms with E-state index in [-0.39, 0.29) is 5.91 Å². The SMILES string of the molecule is COc1ccccc1N=C1NC(=O)C(=Cc2ccc3ncccc3c2)S1. The van der Waals surface area contributed by atoms with Gasteiger partial charge in [0.05, 0.1) is 17.5 Å². The van der Waals surface area contributed by atoms with E-state index in [2.05, 4.69) is 15.3 Å². The van der Waals surface area contributed by atoms with Gasteiger partial charge in [0, 0.05) is 11.6 Å². The number of hydrogen-bond donors (Lipinski definition) is 1. The Bertz CT molecular complexity index is 1060. The number of carbonyl (C=O) groups excluding carboxylic acids is 1. The van der Waals surface area contributed by atoms with Crippen molar-refractivity contribution >= 4 is 45.5 Å². The van der Waals surface area contributed by atoms with Crippen molar-refractivity contribution in [2.45, 2.75) is 0 Å². The van der Waals surface area contributed by atoms with E-state index in [0.29, 0.717) is 21.5 Å². The van der Waals surface area contributed by atoms with Crippen molar-refractivity contribution in [1.29, 1.82) is 0 Å². The molecule has 1 N–H and O–H groups in total. The predicted octanol–water partition coefficient (Wildman–Crippen LogP) is 4.14. The van der Waals surface area contributed by atoms with Gasteiger partial charge < -0.3 is 10.1 Å². The highest BCUT2D eigenvalue weighted by Crippen LogP contribution is 2.32. The number of thioether (sulfide) groups is 1. The Kier molecular flexibility index (Phi) is 4.41. The number of ether oxygens (including phenoxy) is 1. The second-order valence-corrected chi connectivity index (χ2v) is 6.64. The average molecular weight is 361 g/mol. The van der Waals surface area contributed by atoms with Gasteiger partial charge in [0.25, 0.3) is 5.91 Å². The third kappa shape index (κ3) is 3.32. The molecular formula is C20H15N3O2S. The summed E-state index contributed by atoms with van der Waals surface area (Å²) in [5, 5.41) is 4.37. The highest BCUT2D eigenvalue weighted by molar-refractivity contribution is 8.18. The third-order valence-corrected chi connectivity index (χ3v) is 4.79. The van der Waals surface area contributed by atoms with Crippen LogP contribution in [0.3, 0.4) is 0 Å². The van der Waals surface area contributed by atoms with Crippen LogP contribution >= 0.6 is 11.8 Å². The first kappa shape index (κ1) is 16.4. The molecule has 0 aliphatic carbocycles. The van der Waals surface area contributed by atoms with Crippen molar-refractivity contribution in [3.8, 4) is 5.75 Å². The number of para-hydroxylation sites is 2. The maximum absolute atomic E-state index is 12.3. The summed E-state index contributed by atoms with van der Waals surface area (Å²) in [6.45, 7) is 0. The lowest BCUT2D eigenvalue weighted by Gasteiger charge is -2.03. The van der Waals surface area contributed by atoms with Gasteiger partial charge in [0.15, 0.2) is 5.17 Å². The van der Waals surface area contributed by atoms with E-state index < -0.39 is 0 Å². The number of aromatic nitrogens is 1. The van der Waals surface area contributed by atoms with Gasteiger partial charge in [-0.3, -0.25) is 9.78 Å². The topological polar surface area (TPSA) is 63.6 Å². The van der Waals surface area contributed by atoms with Crippen LogP contribution in [0.25, 0.3) is 17.0 Å². The molecule has 0 bridgehead atoms. The summed E-state index contributed by atoms with van der Waals surface area (Å²) in [6, 6.07) is 17.2. The number of amidine groups is 1. The maximum Gasteiger partial charge on any atom is 0.264 e. The minimum Gasteiger partial charge on any atom is -0.494 e. The number of benzene rings is 2. The first-order chi connectivity index (χ1) is 12.7. The molecular weight excluding hydrogens is 346 g/mol. The molecule has 4 rings (SSSR count). The number of nitrogens with zero attached hydrogens (tertiary/aromatic N) is 2. The minimum atomic E-state index is -0.157. The molecule has 1 aliphatic heterocycles. The molecule has 1 fully saturated rings. The Hall–Kier alpha value is -3.12. The fourth-order valence-electron chi connectivity index (χ4n) is 2.65. The second kappa shape index (κ2) is 7.01. The van der Waals surface area contributed by atoms with Gasteiger partial charge in [-0.1, -0.05) is 24.3 Å². The van der Waals surface area contributed by atoms with Crippen molar-refractivity contribution in [2.75, 3.05) is 7.11 Å². The molecule has 1 aliphatic rings. The highest BCUT2D eigenvalue weighted by Gasteiger charge is 2.24. The van der Waals surface area contributed by atoms with Crippen molar-refractivity contribution in [3.05, 3.63) is 71.3 Å². The number of hydrogen-bond acceptors (Lipinski definition) is 5. The number of aliphatic imine (C=N–C) groups is 1. The van der Waals surface area contributed by atoms with E-state index in [0.717, 1.165) is 16.5 Å². The van der Waals surface area contributed by atoms with E-state index in [1.54, 1.807) is 13.3 Å². The Morgan fingerprint density at radius 2 is 2.04 bits per heavy atom. The maximum atomic E-state index is 12.3. The Balaban J connectivity index is 1.62. The lowest BCUT2D eigenvalue weighted by molar-refractivity contribution is -0.115. The average Bonchev–Trinajstić information content (AvgIpc) is 3.01. The van der Waals surface area contributed by atoms with E-state index in [1.807, 2.05) is 60.7 Å². The largest absolute Gasteiger partial charge is 0.494 e. The van der Waals surface area contributed by atoms with E-state index in [9.17, 15) is 4.79 Å². The van der Waals surface area contributed by atoms with Gasteiger partial charge in [-0.2, -0.15) is 0 Å². The van der Waals surface area contributed by atoms with Gasteiger partial charge in [0.2, 0.25) is 0 Å². The van der Waals surface area contributed by atoms with Gasteiger partial charge in [-0.05, 0) is 53.7 Å². The summed E-state index contributed by atoms with van der Waals surface area (Å²) < 4.78 is 5.30. The Morgan fingerprint density at radius 1 is 1.15 bits per heavy atom. The molecule has 5 nitrogen and oxygen atoms in total. The van der Waals surface area contributed by atoms with Crippen LogP contribution in [0, 0.1) is 0 Å². The second-order valence-electron chi connectivity index (χ2n) is 5.61. The molecule has 0 spiro atoms. The molecule has 6 heteroatoms. The van der Waals surface area contributed by atoms with Crippen LogP contribution in [0.15, 0.2) is 70.7 Å². The minimum absolute atomic E-state index is 0.157. The summed E-state index contributed by atoms with van der Waals surface area (Å²) >= 11 is 1.31. The molecule has 1 aromatic heterocycles. The zero-order valence-corrected chi connectivity index (χ0v) is 14.8. The van der Waals surface area contributed by atoms with Gasteiger partial charge >= 0.3 is 0 Å². The lowest BCUT2D eigenvalue weighted by Crippen LogP contribution is -2.19. The van der Waals surface area contributed by atoms with Crippen molar-refractivity contribution < 1.29 is 9.53 Å². The number of fused-ring (bicyclic) bond motifs is 1. The quantitative estimate of drug-likeness (QED) is 0.712. The Morgan fingerprint density at radius 3 is 2.92 bits per heavy atom. The molecule has 1 amide bonds. The highest BCUT2D eigenvalue weighted by atomic mass is 32.2. The van der Waals surface area contributed by atoms with Crippen LogP contribution in [0.2, 0.25) is 0 Å². The van der Waals surface area contributed by atoms with Crippen LogP contribution < -0.4 is 10.1 Å². The molecule has 0 unspecified atom stereocenters. The fourth-order valence-corrected chi connectivity index (χ4v) is 3.48. The van der Waals surface area contributed by atoms with Crippen molar-refractivity contribution in [2.24, 2.45) is 4.99 Å². The number of rotatable bonds is 3.